The smallest absolute Gasteiger partial charge is 0.241 e. The largest absolute Gasteiger partial charge is 0.360 e. The van der Waals surface area contributed by atoms with Crippen molar-refractivity contribution in [2.24, 2.45) is 5.73 Å². The summed E-state index contributed by atoms with van der Waals surface area (Å²) in [5, 5.41) is 7.74. The van der Waals surface area contributed by atoms with Crippen LogP contribution in [-0.2, 0) is 22.7 Å². The maximum Gasteiger partial charge on any atom is 0.241 e. The van der Waals surface area contributed by atoms with Crippen LogP contribution in [0.15, 0.2) is 46.9 Å². The van der Waals surface area contributed by atoms with Crippen molar-refractivity contribution in [3.05, 3.63) is 69.5 Å². The molecule has 1 aliphatic rings. The van der Waals surface area contributed by atoms with E-state index in [1.807, 2.05) is 35.9 Å². The van der Waals surface area contributed by atoms with Crippen molar-refractivity contribution < 1.29 is 9.53 Å². The predicted molar refractivity (Wildman–Crippen MR) is 165 cm³/mol. The van der Waals surface area contributed by atoms with Gasteiger partial charge in [-0.05, 0) is 80.1 Å². The van der Waals surface area contributed by atoms with E-state index in [-0.39, 0.29) is 24.2 Å². The molecule has 2 aromatic carbocycles. The van der Waals surface area contributed by atoms with Gasteiger partial charge < -0.3 is 15.8 Å². The van der Waals surface area contributed by atoms with Gasteiger partial charge in [0, 0.05) is 42.0 Å². The number of nitrogens with two attached hydrogens (primary N) is 1. The molecule has 3 N–H and O–H groups in total. The summed E-state index contributed by atoms with van der Waals surface area (Å²) in [5.41, 5.74) is 13.9. The van der Waals surface area contributed by atoms with Gasteiger partial charge in [0.2, 0.25) is 5.91 Å². The maximum atomic E-state index is 13.1. The number of carbonyl (C=O) groups is 1. The number of aryl methyl sites for hydroxylation is 2. The number of benzene rings is 2. The fourth-order valence-corrected chi connectivity index (χ4v) is 6.21. The molecule has 0 radical (unpaired) electrons. The quantitative estimate of drug-likeness (QED) is 0.199. The molecule has 0 bridgehead atoms. The molecule has 38 heavy (non-hydrogen) atoms. The normalized spacial score (nSPS) is 15.9. The summed E-state index contributed by atoms with van der Waals surface area (Å²) < 4.78 is 8.87. The Balaban J connectivity index is 0.00000400. The van der Waals surface area contributed by atoms with Crippen LogP contribution in [0.1, 0.15) is 41.3 Å². The van der Waals surface area contributed by atoms with Crippen molar-refractivity contribution in [3.63, 3.8) is 0 Å². The molecule has 206 valence electrons. The second-order valence-electron chi connectivity index (χ2n) is 11.3. The van der Waals surface area contributed by atoms with E-state index < -0.39 is 14.1 Å². The molecule has 9 heteroatoms. The first-order chi connectivity index (χ1) is 17.5. The number of anilines is 1. The highest BCUT2D eigenvalue weighted by Crippen LogP contribution is 2.35. The third-order valence-corrected chi connectivity index (χ3v) is 9.43. The monoisotopic (exact) mass is 618 g/mol. The Morgan fingerprint density at radius 2 is 1.92 bits per heavy atom. The van der Waals surface area contributed by atoms with Crippen LogP contribution in [-0.4, -0.2) is 36.4 Å². The average molecular weight is 620 g/mol. The second-order valence-corrected chi connectivity index (χ2v) is 17.9. The summed E-state index contributed by atoms with van der Waals surface area (Å²) in [4.78, 5) is 13.1. The van der Waals surface area contributed by atoms with E-state index in [0.29, 0.717) is 6.73 Å². The standard InChI is InChI=1S/C29H39BrN4O2Si.ClH/c1-19-27(20(2)34(33-19)18-36-15-16-37(3,4)5)22-10-13-24(14-11-22)32-29(35)28(31)25-8-6-7-21-9-12-23(30)17-26(21)25;/h9-14,17,25,28H,6-8,15-16,18,31H2,1-5H3,(H,32,35);1H/t25-,28+;/m1./s1. The molecule has 4 rings (SSSR count). The zero-order valence-corrected chi connectivity index (χ0v) is 26.4. The average Bonchev–Trinajstić information content (AvgIpc) is 3.13. The lowest BCUT2D eigenvalue weighted by Crippen LogP contribution is -2.41. The molecule has 1 heterocycles. The zero-order chi connectivity index (χ0) is 26.7. The lowest BCUT2D eigenvalue weighted by atomic mass is 9.79. The molecule has 0 saturated carbocycles. The first-order valence-electron chi connectivity index (χ1n) is 13.1. The number of ether oxygens (including phenoxy) is 1. The molecule has 0 fully saturated rings. The van der Waals surface area contributed by atoms with Gasteiger partial charge in [-0.2, -0.15) is 5.10 Å². The maximum absolute atomic E-state index is 13.1. The van der Waals surface area contributed by atoms with Crippen LogP contribution < -0.4 is 11.1 Å². The third-order valence-electron chi connectivity index (χ3n) is 7.24. The number of carbonyl (C=O) groups excluding carboxylic acids is 1. The number of amides is 1. The summed E-state index contributed by atoms with van der Waals surface area (Å²) in [7, 11) is -1.11. The second kappa shape index (κ2) is 12.9. The van der Waals surface area contributed by atoms with Crippen LogP contribution in [0.4, 0.5) is 5.69 Å². The molecule has 1 aromatic heterocycles. The van der Waals surface area contributed by atoms with E-state index in [4.69, 9.17) is 15.6 Å². The lowest BCUT2D eigenvalue weighted by Gasteiger charge is -2.29. The number of nitrogens with one attached hydrogen (secondary N) is 1. The van der Waals surface area contributed by atoms with E-state index in [1.54, 1.807) is 0 Å². The van der Waals surface area contributed by atoms with Crippen molar-refractivity contribution in [1.29, 1.82) is 0 Å². The molecule has 6 nitrogen and oxygen atoms in total. The number of hydrogen-bond donors (Lipinski definition) is 2. The van der Waals surface area contributed by atoms with Gasteiger partial charge in [-0.3, -0.25) is 4.79 Å². The topological polar surface area (TPSA) is 82.2 Å². The van der Waals surface area contributed by atoms with E-state index >= 15 is 0 Å². The predicted octanol–water partition coefficient (Wildman–Crippen LogP) is 7.05. The molecular formula is C29H40BrClN4O2Si. The third kappa shape index (κ3) is 7.36. The van der Waals surface area contributed by atoms with E-state index in [2.05, 4.69) is 66.0 Å². The number of halogens is 2. The molecule has 0 unspecified atom stereocenters. The van der Waals surface area contributed by atoms with Crippen molar-refractivity contribution in [1.82, 2.24) is 9.78 Å². The van der Waals surface area contributed by atoms with Gasteiger partial charge in [-0.15, -0.1) is 12.4 Å². The Hall–Kier alpha value is -1.97. The van der Waals surface area contributed by atoms with Crippen molar-refractivity contribution in [2.45, 2.75) is 77.5 Å². The number of hydrogen-bond acceptors (Lipinski definition) is 4. The molecule has 0 aliphatic heterocycles. The van der Waals surface area contributed by atoms with Crippen molar-refractivity contribution in [2.75, 3.05) is 11.9 Å². The summed E-state index contributed by atoms with van der Waals surface area (Å²) in [6, 6.07) is 14.8. The molecule has 1 aliphatic carbocycles. The summed E-state index contributed by atoms with van der Waals surface area (Å²) in [6.45, 7) is 12.4. The van der Waals surface area contributed by atoms with Crippen molar-refractivity contribution in [3.8, 4) is 11.1 Å². The molecule has 1 amide bonds. The summed E-state index contributed by atoms with van der Waals surface area (Å²) >= 11 is 3.56. The fourth-order valence-electron chi connectivity index (χ4n) is 5.08. The number of rotatable bonds is 9. The lowest BCUT2D eigenvalue weighted by molar-refractivity contribution is -0.117. The van der Waals surface area contributed by atoms with Crippen LogP contribution in [0, 0.1) is 13.8 Å². The highest BCUT2D eigenvalue weighted by molar-refractivity contribution is 9.10. The van der Waals surface area contributed by atoms with E-state index in [9.17, 15) is 4.79 Å². The van der Waals surface area contributed by atoms with Crippen molar-refractivity contribution >= 4 is 48.0 Å². The van der Waals surface area contributed by atoms with Gasteiger partial charge in [0.05, 0.1) is 11.7 Å². The molecular weight excluding hydrogens is 580 g/mol. The fraction of sp³-hybridized carbons (Fsp3) is 0.448. The highest BCUT2D eigenvalue weighted by atomic mass is 79.9. The molecule has 0 spiro atoms. The number of fused-ring (bicyclic) bond motifs is 1. The minimum Gasteiger partial charge on any atom is -0.360 e. The van der Waals surface area contributed by atoms with Crippen LogP contribution in [0.2, 0.25) is 25.7 Å². The molecule has 0 saturated heterocycles. The first kappa shape index (κ1) is 30.6. The first-order valence-corrected chi connectivity index (χ1v) is 17.6. The Bertz CT molecular complexity index is 1260. The highest BCUT2D eigenvalue weighted by Gasteiger charge is 2.30. The van der Waals surface area contributed by atoms with Gasteiger partial charge >= 0.3 is 0 Å². The van der Waals surface area contributed by atoms with Gasteiger partial charge in [-0.25, -0.2) is 4.68 Å². The molecule has 2 atom stereocenters. The number of aromatic nitrogens is 2. The Morgan fingerprint density at radius 3 is 2.61 bits per heavy atom. The Labute approximate surface area is 242 Å². The number of nitrogens with zero attached hydrogens (tertiary/aromatic N) is 2. The Kier molecular flexibility index (Phi) is 10.4. The van der Waals surface area contributed by atoms with Crippen LogP contribution in [0.25, 0.3) is 11.1 Å². The van der Waals surface area contributed by atoms with E-state index in [0.717, 1.165) is 64.6 Å². The summed E-state index contributed by atoms with van der Waals surface area (Å²) in [5.74, 6) is -0.133. The van der Waals surface area contributed by atoms with Crippen LogP contribution in [0.3, 0.4) is 0 Å². The minimum atomic E-state index is -1.11. The zero-order valence-electron chi connectivity index (χ0n) is 23.0. The minimum absolute atomic E-state index is 0. The van der Waals surface area contributed by atoms with Gasteiger partial charge in [-0.1, -0.05) is 53.8 Å². The summed E-state index contributed by atoms with van der Waals surface area (Å²) in [6.07, 6.45) is 3.00. The molecule has 3 aromatic rings. The van der Waals surface area contributed by atoms with Gasteiger partial charge in [0.15, 0.2) is 0 Å². The van der Waals surface area contributed by atoms with Gasteiger partial charge in [0.1, 0.15) is 6.73 Å². The van der Waals surface area contributed by atoms with Gasteiger partial charge in [0.25, 0.3) is 0 Å². The SMILES string of the molecule is Cc1nn(COCC[Si](C)(C)C)c(C)c1-c1ccc(NC(=O)[C@@H](N)[C@@H]2CCCc3ccc(Br)cc32)cc1.Cl. The van der Waals surface area contributed by atoms with Crippen LogP contribution in [0.5, 0.6) is 0 Å². The van der Waals surface area contributed by atoms with E-state index in [1.165, 1.54) is 11.1 Å². The van der Waals surface area contributed by atoms with Crippen LogP contribution >= 0.6 is 28.3 Å². The Morgan fingerprint density at radius 1 is 1.21 bits per heavy atom.